The minimum absolute atomic E-state index is 0.232. The summed E-state index contributed by atoms with van der Waals surface area (Å²) in [6, 6.07) is 7.21. The van der Waals surface area contributed by atoms with Gasteiger partial charge in [-0.15, -0.1) is 0 Å². The molecule has 1 heterocycles. The van der Waals surface area contributed by atoms with Gasteiger partial charge in [-0.3, -0.25) is 0 Å². The van der Waals surface area contributed by atoms with E-state index in [9.17, 15) is 4.39 Å². The minimum Gasteiger partial charge on any atom is -0.389 e. The number of aryl methyl sites for hydroxylation is 1. The Morgan fingerprint density at radius 1 is 1.26 bits per heavy atom. The van der Waals surface area contributed by atoms with Gasteiger partial charge in [-0.1, -0.05) is 12.2 Å². The Morgan fingerprint density at radius 2 is 1.89 bits per heavy atom. The van der Waals surface area contributed by atoms with Crippen LogP contribution in [0.15, 0.2) is 30.6 Å². The van der Waals surface area contributed by atoms with Crippen LogP contribution in [0, 0.1) is 12.7 Å². The summed E-state index contributed by atoms with van der Waals surface area (Å²) in [6.45, 7) is 1.60. The fraction of sp³-hybridized carbons (Fsp3) is 0.154. The maximum atomic E-state index is 13.9. The van der Waals surface area contributed by atoms with Crippen LogP contribution in [0.25, 0.3) is 0 Å². The molecule has 4 nitrogen and oxygen atoms in total. The summed E-state index contributed by atoms with van der Waals surface area (Å²) in [5.74, 6) is -0.195. The van der Waals surface area contributed by atoms with Gasteiger partial charge in [0.05, 0.1) is 5.69 Å². The summed E-state index contributed by atoms with van der Waals surface area (Å²) in [6.07, 6.45) is 1.34. The van der Waals surface area contributed by atoms with E-state index in [-0.39, 0.29) is 5.82 Å². The molecule has 2 aromatic rings. The third kappa shape index (κ3) is 2.68. The van der Waals surface area contributed by atoms with Crippen molar-refractivity contribution in [3.05, 3.63) is 47.7 Å². The van der Waals surface area contributed by atoms with Crippen molar-refractivity contribution in [2.45, 2.75) is 6.92 Å². The number of anilines is 2. The Bertz CT molecular complexity index is 613. The lowest BCUT2D eigenvalue weighted by atomic mass is 10.2. The number of rotatable bonds is 3. The normalized spacial score (nSPS) is 10.3. The maximum absolute atomic E-state index is 13.9. The van der Waals surface area contributed by atoms with E-state index in [0.29, 0.717) is 10.7 Å². The van der Waals surface area contributed by atoms with Gasteiger partial charge in [0.1, 0.15) is 11.3 Å². The summed E-state index contributed by atoms with van der Waals surface area (Å²) >= 11 is 4.89. The van der Waals surface area contributed by atoms with Crippen LogP contribution in [-0.4, -0.2) is 22.0 Å². The van der Waals surface area contributed by atoms with Crippen LogP contribution in [0.2, 0.25) is 0 Å². The monoisotopic (exact) mass is 276 g/mol. The molecule has 0 aliphatic carbocycles. The summed E-state index contributed by atoms with van der Waals surface area (Å²) < 4.78 is 13.9. The topological polar surface area (TPSA) is 55.0 Å². The first-order valence-electron chi connectivity index (χ1n) is 5.61. The molecule has 0 fully saturated rings. The van der Waals surface area contributed by atoms with E-state index in [2.05, 4.69) is 9.97 Å². The number of nitrogens with zero attached hydrogens (tertiary/aromatic N) is 3. The third-order valence-electron chi connectivity index (χ3n) is 2.80. The van der Waals surface area contributed by atoms with Gasteiger partial charge in [-0.25, -0.2) is 14.4 Å². The smallest absolute Gasteiger partial charge is 0.187 e. The molecule has 0 unspecified atom stereocenters. The molecule has 1 aromatic heterocycles. The van der Waals surface area contributed by atoms with Crippen LogP contribution < -0.4 is 10.6 Å². The average Bonchev–Trinajstić information content (AvgIpc) is 2.41. The molecule has 0 amide bonds. The van der Waals surface area contributed by atoms with Gasteiger partial charge < -0.3 is 10.6 Å². The Morgan fingerprint density at radius 3 is 2.47 bits per heavy atom. The number of hydrogen-bond donors (Lipinski definition) is 1. The Balaban J connectivity index is 2.36. The van der Waals surface area contributed by atoms with Crippen LogP contribution in [0.1, 0.15) is 11.3 Å². The molecule has 98 valence electrons. The zero-order valence-corrected chi connectivity index (χ0v) is 11.4. The van der Waals surface area contributed by atoms with Crippen LogP contribution in [0.4, 0.5) is 15.9 Å². The number of thiocarbonyl (C=S) groups is 1. The van der Waals surface area contributed by atoms with E-state index in [0.717, 1.165) is 11.3 Å². The fourth-order valence-corrected chi connectivity index (χ4v) is 1.79. The van der Waals surface area contributed by atoms with Gasteiger partial charge in [-0.05, 0) is 31.2 Å². The molecule has 0 saturated heterocycles. The van der Waals surface area contributed by atoms with Crippen molar-refractivity contribution in [3.8, 4) is 0 Å². The lowest BCUT2D eigenvalue weighted by Gasteiger charge is -2.19. The lowest BCUT2D eigenvalue weighted by molar-refractivity contribution is 0.601. The van der Waals surface area contributed by atoms with Crippen molar-refractivity contribution < 1.29 is 4.39 Å². The van der Waals surface area contributed by atoms with Crippen molar-refractivity contribution in [2.75, 3.05) is 11.9 Å². The largest absolute Gasteiger partial charge is 0.389 e. The van der Waals surface area contributed by atoms with Gasteiger partial charge in [0.25, 0.3) is 0 Å². The van der Waals surface area contributed by atoms with E-state index >= 15 is 0 Å². The molecule has 1 aromatic carbocycles. The zero-order chi connectivity index (χ0) is 14.0. The molecular formula is C13H13FN4S. The fourth-order valence-electron chi connectivity index (χ4n) is 1.65. The molecule has 0 saturated carbocycles. The molecule has 0 atom stereocenters. The highest BCUT2D eigenvalue weighted by atomic mass is 32.1. The van der Waals surface area contributed by atoms with Crippen molar-refractivity contribution in [2.24, 2.45) is 5.73 Å². The first-order chi connectivity index (χ1) is 9.00. The lowest BCUT2D eigenvalue weighted by Crippen LogP contribution is -2.15. The molecule has 0 aliphatic heterocycles. The molecule has 0 aliphatic rings. The second kappa shape index (κ2) is 5.27. The highest BCUT2D eigenvalue weighted by molar-refractivity contribution is 7.80. The summed E-state index contributed by atoms with van der Waals surface area (Å²) in [7, 11) is 1.74. The van der Waals surface area contributed by atoms with Crippen molar-refractivity contribution in [1.82, 2.24) is 9.97 Å². The third-order valence-corrected chi connectivity index (χ3v) is 3.04. The van der Waals surface area contributed by atoms with Crippen molar-refractivity contribution >= 4 is 28.7 Å². The van der Waals surface area contributed by atoms with Gasteiger partial charge in [-0.2, -0.15) is 0 Å². The summed E-state index contributed by atoms with van der Waals surface area (Å²) in [5, 5.41) is 0. The first-order valence-corrected chi connectivity index (χ1v) is 6.02. The predicted molar refractivity (Wildman–Crippen MR) is 77.1 cm³/mol. The number of aromatic nitrogens is 2. The second-order valence-electron chi connectivity index (χ2n) is 4.07. The molecule has 0 bridgehead atoms. The zero-order valence-electron chi connectivity index (χ0n) is 10.6. The molecule has 2 rings (SSSR count). The molecule has 19 heavy (non-hydrogen) atoms. The van der Waals surface area contributed by atoms with E-state index < -0.39 is 5.82 Å². The number of benzene rings is 1. The number of nitrogens with two attached hydrogens (primary N) is 1. The standard InChI is InChI=1S/C13H13FN4S/c1-8-11(14)13(17-7-16-8)18(2)10-5-3-9(4-6-10)12(15)19/h3-7H,1-2H3,(H2,15,19). The Kier molecular flexibility index (Phi) is 3.71. The van der Waals surface area contributed by atoms with E-state index in [1.54, 1.807) is 31.0 Å². The van der Waals surface area contributed by atoms with Gasteiger partial charge in [0.2, 0.25) is 0 Å². The summed E-state index contributed by atoms with van der Waals surface area (Å²) in [5.41, 5.74) is 7.41. The molecule has 2 N–H and O–H groups in total. The predicted octanol–water partition coefficient (Wildman–Crippen LogP) is 2.33. The Labute approximate surface area is 116 Å². The van der Waals surface area contributed by atoms with E-state index in [4.69, 9.17) is 18.0 Å². The van der Waals surface area contributed by atoms with Crippen molar-refractivity contribution in [1.29, 1.82) is 0 Å². The van der Waals surface area contributed by atoms with Crippen LogP contribution in [0.5, 0.6) is 0 Å². The Hall–Kier alpha value is -2.08. The summed E-state index contributed by atoms with van der Waals surface area (Å²) in [4.78, 5) is 9.75. The quantitative estimate of drug-likeness (QED) is 0.872. The number of halogens is 1. The van der Waals surface area contributed by atoms with Crippen molar-refractivity contribution in [3.63, 3.8) is 0 Å². The average molecular weight is 276 g/mol. The first kappa shape index (κ1) is 13.4. The maximum Gasteiger partial charge on any atom is 0.187 e. The SMILES string of the molecule is Cc1ncnc(N(C)c2ccc(C(N)=S)cc2)c1F. The number of hydrogen-bond acceptors (Lipinski definition) is 4. The molecule has 0 radical (unpaired) electrons. The highest BCUT2D eigenvalue weighted by Crippen LogP contribution is 2.24. The minimum atomic E-state index is -0.427. The van der Waals surface area contributed by atoms with Crippen LogP contribution >= 0.6 is 12.2 Å². The van der Waals surface area contributed by atoms with Gasteiger partial charge >= 0.3 is 0 Å². The van der Waals surface area contributed by atoms with E-state index in [1.165, 1.54) is 6.33 Å². The molecule has 0 spiro atoms. The van der Waals surface area contributed by atoms with Crippen LogP contribution in [-0.2, 0) is 0 Å². The molecule has 6 heteroatoms. The second-order valence-corrected chi connectivity index (χ2v) is 4.51. The van der Waals surface area contributed by atoms with Gasteiger partial charge in [0, 0.05) is 18.3 Å². The molecular weight excluding hydrogens is 263 g/mol. The highest BCUT2D eigenvalue weighted by Gasteiger charge is 2.13. The van der Waals surface area contributed by atoms with Gasteiger partial charge in [0.15, 0.2) is 11.6 Å². The van der Waals surface area contributed by atoms with Crippen LogP contribution in [0.3, 0.4) is 0 Å². The van der Waals surface area contributed by atoms with E-state index in [1.807, 2.05) is 12.1 Å².